The molecule has 5 rings (SSSR count). The molecular formula is C26H22Cl2N4O3. The predicted molar refractivity (Wildman–Crippen MR) is 135 cm³/mol. The van der Waals surface area contributed by atoms with Crippen molar-refractivity contribution in [2.45, 2.75) is 33.2 Å². The van der Waals surface area contributed by atoms with E-state index in [1.807, 2.05) is 31.2 Å². The van der Waals surface area contributed by atoms with Crippen molar-refractivity contribution in [1.29, 1.82) is 0 Å². The van der Waals surface area contributed by atoms with Gasteiger partial charge in [0.05, 0.1) is 34.2 Å². The first-order valence-electron chi connectivity index (χ1n) is 11.2. The van der Waals surface area contributed by atoms with Crippen LogP contribution in [0.1, 0.15) is 39.7 Å². The van der Waals surface area contributed by atoms with Gasteiger partial charge >= 0.3 is 0 Å². The number of hydrogen-bond acceptors (Lipinski definition) is 4. The third kappa shape index (κ3) is 4.15. The minimum absolute atomic E-state index is 0.0306. The van der Waals surface area contributed by atoms with Crippen LogP contribution in [0.4, 0.5) is 0 Å². The van der Waals surface area contributed by atoms with Crippen molar-refractivity contribution < 1.29 is 9.59 Å². The van der Waals surface area contributed by atoms with Crippen LogP contribution in [0.15, 0.2) is 53.5 Å². The molecule has 1 aliphatic heterocycles. The summed E-state index contributed by atoms with van der Waals surface area (Å²) >= 11 is 12.1. The highest BCUT2D eigenvalue weighted by atomic mass is 35.5. The van der Waals surface area contributed by atoms with Crippen molar-refractivity contribution in [3.05, 3.63) is 97.0 Å². The van der Waals surface area contributed by atoms with Gasteiger partial charge in [-0.25, -0.2) is 4.52 Å². The molecule has 1 amide bonds. The van der Waals surface area contributed by atoms with Crippen LogP contribution in [0.5, 0.6) is 0 Å². The number of Topliss-reactive ketones (excluding diaryl/α,β-unsaturated/α-hetero) is 1. The molecule has 0 radical (unpaired) electrons. The second-order valence-electron chi connectivity index (χ2n) is 8.79. The molecule has 2 aromatic carbocycles. The van der Waals surface area contributed by atoms with E-state index in [-0.39, 0.29) is 30.2 Å². The molecule has 4 aromatic rings. The maximum absolute atomic E-state index is 13.8. The van der Waals surface area contributed by atoms with E-state index in [0.717, 1.165) is 5.56 Å². The van der Waals surface area contributed by atoms with E-state index < -0.39 is 0 Å². The van der Waals surface area contributed by atoms with E-state index in [0.29, 0.717) is 56.7 Å². The highest BCUT2D eigenvalue weighted by Gasteiger charge is 2.29. The predicted octanol–water partition coefficient (Wildman–Crippen LogP) is 4.43. The summed E-state index contributed by atoms with van der Waals surface area (Å²) in [5.41, 5.74) is 4.48. The van der Waals surface area contributed by atoms with Gasteiger partial charge in [0.15, 0.2) is 0 Å². The second kappa shape index (κ2) is 8.98. The van der Waals surface area contributed by atoms with E-state index in [9.17, 15) is 14.4 Å². The quantitative estimate of drug-likeness (QED) is 0.408. The van der Waals surface area contributed by atoms with Gasteiger partial charge in [-0.15, -0.1) is 0 Å². The molecule has 0 saturated carbocycles. The molecule has 0 fully saturated rings. The lowest BCUT2D eigenvalue weighted by Crippen LogP contribution is -2.41. The zero-order valence-corrected chi connectivity index (χ0v) is 20.7. The minimum Gasteiger partial charge on any atom is -0.332 e. The Hall–Kier alpha value is -3.42. The molecule has 0 spiro atoms. The van der Waals surface area contributed by atoms with E-state index in [4.69, 9.17) is 23.2 Å². The molecule has 0 atom stereocenters. The molecule has 3 heterocycles. The fourth-order valence-electron chi connectivity index (χ4n) is 4.53. The van der Waals surface area contributed by atoms with Gasteiger partial charge in [0.25, 0.3) is 11.5 Å². The molecular weight excluding hydrogens is 487 g/mol. The SMILES string of the molecule is CC(=O)Cc1cnn2c3c(c(=O)n(-c4ccc(C)cc4)c12)CCN(C(=O)c1ccc(Cl)c(Cl)c1)C3. The molecule has 0 aliphatic carbocycles. The van der Waals surface area contributed by atoms with Gasteiger partial charge in [0.1, 0.15) is 11.4 Å². The summed E-state index contributed by atoms with van der Waals surface area (Å²) < 4.78 is 3.32. The summed E-state index contributed by atoms with van der Waals surface area (Å²) in [5.74, 6) is -0.238. The van der Waals surface area contributed by atoms with E-state index in [1.165, 1.54) is 6.92 Å². The lowest BCUT2D eigenvalue weighted by Gasteiger charge is -2.29. The van der Waals surface area contributed by atoms with Crippen LogP contribution in [0, 0.1) is 6.92 Å². The van der Waals surface area contributed by atoms with Crippen LogP contribution in [0.2, 0.25) is 10.0 Å². The lowest BCUT2D eigenvalue weighted by atomic mass is 10.0. The van der Waals surface area contributed by atoms with Crippen LogP contribution in [0.25, 0.3) is 11.3 Å². The van der Waals surface area contributed by atoms with Crippen molar-refractivity contribution in [3.63, 3.8) is 0 Å². The Morgan fingerprint density at radius 2 is 1.80 bits per heavy atom. The second-order valence-corrected chi connectivity index (χ2v) is 9.61. The van der Waals surface area contributed by atoms with Crippen LogP contribution in [-0.4, -0.2) is 37.3 Å². The van der Waals surface area contributed by atoms with Gasteiger partial charge in [-0.05, 0) is 50.6 Å². The van der Waals surface area contributed by atoms with Crippen LogP contribution >= 0.6 is 23.2 Å². The Morgan fingerprint density at radius 1 is 1.06 bits per heavy atom. The van der Waals surface area contributed by atoms with Gasteiger partial charge in [-0.1, -0.05) is 40.9 Å². The minimum atomic E-state index is -0.207. The van der Waals surface area contributed by atoms with Crippen molar-refractivity contribution in [2.75, 3.05) is 6.54 Å². The molecule has 0 unspecified atom stereocenters. The topological polar surface area (TPSA) is 76.7 Å². The largest absolute Gasteiger partial charge is 0.332 e. The molecule has 1 aliphatic rings. The highest BCUT2D eigenvalue weighted by molar-refractivity contribution is 6.42. The first-order valence-corrected chi connectivity index (χ1v) is 11.9. The van der Waals surface area contributed by atoms with Gasteiger partial charge in [-0.3, -0.25) is 19.0 Å². The fourth-order valence-corrected chi connectivity index (χ4v) is 4.82. The number of aromatic nitrogens is 3. The monoisotopic (exact) mass is 508 g/mol. The Balaban J connectivity index is 1.65. The normalized spacial score (nSPS) is 13.2. The van der Waals surface area contributed by atoms with Crippen LogP contribution in [0.3, 0.4) is 0 Å². The number of benzene rings is 2. The summed E-state index contributed by atoms with van der Waals surface area (Å²) in [6.45, 7) is 4.07. The number of fused-ring (bicyclic) bond motifs is 3. The maximum atomic E-state index is 13.8. The number of amides is 1. The zero-order chi connectivity index (χ0) is 24.9. The standard InChI is InChI=1S/C26H22Cl2N4O3/c1-15-3-6-19(7-4-15)31-24-18(11-16(2)33)13-29-32(24)23-14-30(10-9-20(23)26(31)35)25(34)17-5-8-21(27)22(28)12-17/h3-8,12-13H,9-11,14H2,1-2H3. The Labute approximate surface area is 211 Å². The number of hydrogen-bond donors (Lipinski definition) is 0. The Bertz CT molecular complexity index is 1550. The number of rotatable bonds is 4. The summed E-state index contributed by atoms with van der Waals surface area (Å²) in [5, 5.41) is 5.23. The Morgan fingerprint density at radius 3 is 2.49 bits per heavy atom. The first kappa shape index (κ1) is 23.3. The molecule has 7 nitrogen and oxygen atoms in total. The summed E-state index contributed by atoms with van der Waals surface area (Å²) in [4.78, 5) is 40.7. The Kier molecular flexibility index (Phi) is 5.99. The number of halogens is 2. The fraction of sp³-hybridized carbons (Fsp3) is 0.231. The summed E-state index contributed by atoms with van der Waals surface area (Å²) in [6.07, 6.45) is 2.16. The number of aryl methyl sites for hydroxylation is 1. The van der Waals surface area contributed by atoms with Gasteiger partial charge < -0.3 is 4.90 Å². The van der Waals surface area contributed by atoms with Crippen molar-refractivity contribution >= 4 is 40.5 Å². The molecule has 178 valence electrons. The van der Waals surface area contributed by atoms with Gasteiger partial charge in [0.2, 0.25) is 0 Å². The van der Waals surface area contributed by atoms with E-state index >= 15 is 0 Å². The van der Waals surface area contributed by atoms with Crippen LogP contribution < -0.4 is 5.56 Å². The smallest absolute Gasteiger partial charge is 0.261 e. The number of ketones is 1. The number of carbonyl (C=O) groups is 2. The van der Waals surface area contributed by atoms with E-state index in [1.54, 1.807) is 38.4 Å². The van der Waals surface area contributed by atoms with E-state index in [2.05, 4.69) is 5.10 Å². The molecule has 2 aromatic heterocycles. The van der Waals surface area contributed by atoms with Gasteiger partial charge in [-0.2, -0.15) is 5.10 Å². The average Bonchev–Trinajstić information content (AvgIpc) is 3.24. The highest BCUT2D eigenvalue weighted by Crippen LogP contribution is 2.26. The summed E-state index contributed by atoms with van der Waals surface area (Å²) in [6, 6.07) is 12.4. The zero-order valence-electron chi connectivity index (χ0n) is 19.2. The average molecular weight is 509 g/mol. The first-order chi connectivity index (χ1) is 16.7. The van der Waals surface area contributed by atoms with Crippen LogP contribution in [-0.2, 0) is 24.2 Å². The number of nitrogens with zero attached hydrogens (tertiary/aromatic N) is 4. The van der Waals surface area contributed by atoms with Gasteiger partial charge in [0, 0.05) is 29.7 Å². The molecule has 0 bridgehead atoms. The summed E-state index contributed by atoms with van der Waals surface area (Å²) in [7, 11) is 0. The third-order valence-corrected chi connectivity index (χ3v) is 6.99. The molecule has 9 heteroatoms. The van der Waals surface area contributed by atoms with Crippen molar-refractivity contribution in [3.8, 4) is 5.69 Å². The third-order valence-electron chi connectivity index (χ3n) is 6.25. The molecule has 0 N–H and O–H groups in total. The van der Waals surface area contributed by atoms with Crippen molar-refractivity contribution in [1.82, 2.24) is 19.1 Å². The maximum Gasteiger partial charge on any atom is 0.261 e. The molecule has 35 heavy (non-hydrogen) atoms. The molecule has 0 saturated heterocycles. The lowest BCUT2D eigenvalue weighted by molar-refractivity contribution is -0.116. The number of carbonyl (C=O) groups excluding carboxylic acids is 2. The van der Waals surface area contributed by atoms with Crippen molar-refractivity contribution in [2.24, 2.45) is 0 Å².